The summed E-state index contributed by atoms with van der Waals surface area (Å²) in [6.45, 7) is 0. The first kappa shape index (κ1) is 13.1. The van der Waals surface area contributed by atoms with Gasteiger partial charge in [0.15, 0.2) is 0 Å². The van der Waals surface area contributed by atoms with Crippen molar-refractivity contribution in [3.8, 4) is 0 Å². The molecule has 0 spiro atoms. The van der Waals surface area contributed by atoms with Crippen molar-refractivity contribution in [2.24, 2.45) is 0 Å². The summed E-state index contributed by atoms with van der Waals surface area (Å²) >= 11 is 6.83. The van der Waals surface area contributed by atoms with E-state index in [1.165, 1.54) is 0 Å². The van der Waals surface area contributed by atoms with Gasteiger partial charge in [-0.15, -0.1) is 0 Å². The number of fused-ring (bicyclic) bond motifs is 1. The molecule has 1 unspecified atom stereocenters. The molecule has 0 saturated carbocycles. The highest BCUT2D eigenvalue weighted by atomic mass is 79.9. The summed E-state index contributed by atoms with van der Waals surface area (Å²) in [5.41, 5.74) is 0.990. The van der Waals surface area contributed by atoms with Crippen molar-refractivity contribution in [1.29, 1.82) is 0 Å². The van der Waals surface area contributed by atoms with Crippen molar-refractivity contribution in [1.82, 2.24) is 4.98 Å². The van der Waals surface area contributed by atoms with Gasteiger partial charge in [-0.1, -0.05) is 31.9 Å². The maximum atomic E-state index is 12.6. The summed E-state index contributed by atoms with van der Waals surface area (Å²) in [6, 6.07) is 13.5. The first-order chi connectivity index (χ1) is 9.15. The molecule has 0 radical (unpaired) electrons. The van der Waals surface area contributed by atoms with E-state index in [0.717, 1.165) is 29.6 Å². The summed E-state index contributed by atoms with van der Waals surface area (Å²) in [6.07, 6.45) is 1.81. The Kier molecular flexibility index (Phi) is 3.60. The van der Waals surface area contributed by atoms with Crippen molar-refractivity contribution in [2.45, 2.75) is 9.79 Å². The average Bonchev–Trinajstić information content (AvgIpc) is 2.81. The molecule has 3 aromatic rings. The first-order valence-electron chi connectivity index (χ1n) is 5.59. The summed E-state index contributed by atoms with van der Waals surface area (Å²) in [5.74, 6) is 0. The lowest BCUT2D eigenvalue weighted by Gasteiger charge is -2.01. The van der Waals surface area contributed by atoms with Crippen LogP contribution in [-0.4, -0.2) is 9.19 Å². The topological polar surface area (TPSA) is 32.9 Å². The van der Waals surface area contributed by atoms with Crippen molar-refractivity contribution in [3.63, 3.8) is 0 Å². The predicted octanol–water partition coefficient (Wildman–Crippen LogP) is 4.86. The van der Waals surface area contributed by atoms with Crippen LogP contribution in [0.1, 0.15) is 0 Å². The van der Waals surface area contributed by atoms with Crippen molar-refractivity contribution in [3.05, 3.63) is 57.6 Å². The van der Waals surface area contributed by atoms with E-state index in [4.69, 9.17) is 0 Å². The molecule has 0 aliphatic carbocycles. The Morgan fingerprint density at radius 1 is 0.947 bits per heavy atom. The first-order valence-corrected chi connectivity index (χ1v) is 8.33. The summed E-state index contributed by atoms with van der Waals surface area (Å²) in [5, 5.41) is 0.982. The van der Waals surface area contributed by atoms with E-state index in [-0.39, 0.29) is 0 Å². The number of rotatable bonds is 2. The third-order valence-electron chi connectivity index (χ3n) is 2.83. The van der Waals surface area contributed by atoms with Gasteiger partial charge in [-0.2, -0.15) is 0 Å². The molecule has 0 aliphatic rings. The predicted molar refractivity (Wildman–Crippen MR) is 84.8 cm³/mol. The fraction of sp³-hybridized carbons (Fsp3) is 0. The van der Waals surface area contributed by atoms with Crippen LogP contribution in [0, 0.1) is 0 Å². The highest BCUT2D eigenvalue weighted by Crippen LogP contribution is 2.28. The van der Waals surface area contributed by atoms with Crippen LogP contribution in [0.25, 0.3) is 10.9 Å². The van der Waals surface area contributed by atoms with Gasteiger partial charge in [0.2, 0.25) is 0 Å². The molecule has 1 heterocycles. The Labute approximate surface area is 129 Å². The molecule has 1 N–H and O–H groups in total. The molecular weight excluding hydrogens is 390 g/mol. The Hall–Kier alpha value is -0.910. The molecule has 0 saturated heterocycles. The lowest BCUT2D eigenvalue weighted by molar-refractivity contribution is 0.683. The quantitative estimate of drug-likeness (QED) is 0.656. The molecule has 0 aliphatic heterocycles. The van der Waals surface area contributed by atoms with Gasteiger partial charge in [0, 0.05) is 30.9 Å². The average molecular weight is 399 g/mol. The maximum Gasteiger partial charge on any atom is 0.0871 e. The van der Waals surface area contributed by atoms with Crippen LogP contribution in [0.15, 0.2) is 67.4 Å². The SMILES string of the molecule is O=S(c1ccc(Br)cc1)c1c[nH]c2ccc(Br)cc12. The number of hydrogen-bond acceptors (Lipinski definition) is 1. The lowest BCUT2D eigenvalue weighted by Crippen LogP contribution is -1.91. The highest BCUT2D eigenvalue weighted by molar-refractivity contribution is 9.10. The minimum atomic E-state index is -1.18. The van der Waals surface area contributed by atoms with Crippen LogP contribution in [0.3, 0.4) is 0 Å². The van der Waals surface area contributed by atoms with Gasteiger partial charge in [0.05, 0.1) is 15.7 Å². The molecule has 0 fully saturated rings. The summed E-state index contributed by atoms with van der Waals surface area (Å²) in [4.78, 5) is 4.75. The van der Waals surface area contributed by atoms with Gasteiger partial charge in [0.1, 0.15) is 0 Å². The van der Waals surface area contributed by atoms with Crippen LogP contribution in [0.5, 0.6) is 0 Å². The second-order valence-corrected chi connectivity index (χ2v) is 7.35. The van der Waals surface area contributed by atoms with Crippen molar-refractivity contribution >= 4 is 53.6 Å². The number of nitrogens with one attached hydrogen (secondary N) is 1. The van der Waals surface area contributed by atoms with E-state index >= 15 is 0 Å². The smallest absolute Gasteiger partial charge is 0.0871 e. The maximum absolute atomic E-state index is 12.6. The molecule has 96 valence electrons. The number of hydrogen-bond donors (Lipinski definition) is 1. The lowest BCUT2D eigenvalue weighted by atomic mass is 10.2. The number of H-pyrrole nitrogens is 1. The number of aromatic nitrogens is 1. The summed E-state index contributed by atoms with van der Waals surface area (Å²) in [7, 11) is -1.18. The van der Waals surface area contributed by atoms with Crippen LogP contribution >= 0.6 is 31.9 Å². The molecule has 2 aromatic carbocycles. The van der Waals surface area contributed by atoms with E-state index in [9.17, 15) is 4.21 Å². The van der Waals surface area contributed by atoms with Gasteiger partial charge in [-0.3, -0.25) is 0 Å². The van der Waals surface area contributed by atoms with E-state index in [0.29, 0.717) is 0 Å². The minimum Gasteiger partial charge on any atom is -0.360 e. The highest BCUT2D eigenvalue weighted by Gasteiger charge is 2.12. The van der Waals surface area contributed by atoms with Gasteiger partial charge < -0.3 is 4.98 Å². The minimum absolute atomic E-state index is 0.795. The Morgan fingerprint density at radius 3 is 2.37 bits per heavy atom. The van der Waals surface area contributed by atoms with Gasteiger partial charge in [0.25, 0.3) is 0 Å². The fourth-order valence-corrected chi connectivity index (χ4v) is 3.70. The molecule has 5 heteroatoms. The Morgan fingerprint density at radius 2 is 1.63 bits per heavy atom. The van der Waals surface area contributed by atoms with E-state index < -0.39 is 10.8 Å². The molecule has 3 rings (SSSR count). The molecule has 2 nitrogen and oxygen atoms in total. The van der Waals surface area contributed by atoms with Gasteiger partial charge in [-0.05, 0) is 42.5 Å². The third-order valence-corrected chi connectivity index (χ3v) is 5.29. The van der Waals surface area contributed by atoms with Crippen LogP contribution in [0.2, 0.25) is 0 Å². The van der Waals surface area contributed by atoms with Gasteiger partial charge >= 0.3 is 0 Å². The molecular formula is C14H9Br2NOS. The van der Waals surface area contributed by atoms with E-state index in [1.54, 1.807) is 0 Å². The largest absolute Gasteiger partial charge is 0.360 e. The second-order valence-electron chi connectivity index (χ2n) is 4.07. The second kappa shape index (κ2) is 5.23. The normalized spacial score (nSPS) is 12.7. The third kappa shape index (κ3) is 2.55. The molecule has 19 heavy (non-hydrogen) atoms. The zero-order chi connectivity index (χ0) is 13.4. The number of benzene rings is 2. The van der Waals surface area contributed by atoms with E-state index in [1.807, 2.05) is 48.7 Å². The molecule has 1 aromatic heterocycles. The Bertz CT molecular complexity index is 765. The van der Waals surface area contributed by atoms with Crippen LogP contribution in [-0.2, 0) is 10.8 Å². The van der Waals surface area contributed by atoms with Crippen molar-refractivity contribution in [2.75, 3.05) is 0 Å². The van der Waals surface area contributed by atoms with Crippen LogP contribution in [0.4, 0.5) is 0 Å². The molecule has 0 bridgehead atoms. The number of halogens is 2. The fourth-order valence-electron chi connectivity index (χ4n) is 1.91. The van der Waals surface area contributed by atoms with Crippen LogP contribution < -0.4 is 0 Å². The summed E-state index contributed by atoms with van der Waals surface area (Å²) < 4.78 is 14.6. The van der Waals surface area contributed by atoms with E-state index in [2.05, 4.69) is 36.8 Å². The number of aromatic amines is 1. The zero-order valence-electron chi connectivity index (χ0n) is 9.69. The monoisotopic (exact) mass is 397 g/mol. The van der Waals surface area contributed by atoms with Crippen molar-refractivity contribution < 1.29 is 4.21 Å². The zero-order valence-corrected chi connectivity index (χ0v) is 13.7. The standard InChI is InChI=1S/C14H9Br2NOS/c15-9-1-4-11(5-2-9)19(18)14-8-17-13-6-3-10(16)7-12(13)14/h1-8,17H. The molecule has 0 amide bonds. The molecule has 1 atom stereocenters. The Balaban J connectivity index is 2.11. The van der Waals surface area contributed by atoms with Gasteiger partial charge in [-0.25, -0.2) is 4.21 Å².